The first-order valence-electron chi connectivity index (χ1n) is 7.69. The van der Waals surface area contributed by atoms with Crippen molar-refractivity contribution in [2.24, 2.45) is 0 Å². The first-order valence-corrected chi connectivity index (χ1v) is 7.69. The fraction of sp³-hybridized carbons (Fsp3) is 0.333. The minimum atomic E-state index is -0.314. The largest absolute Gasteiger partial charge is 0.339 e. The van der Waals surface area contributed by atoms with Gasteiger partial charge in [0.15, 0.2) is 0 Å². The third kappa shape index (κ3) is 3.17. The molecule has 4 nitrogen and oxygen atoms in total. The monoisotopic (exact) mass is 295 g/mol. The molecule has 1 aromatic heterocycles. The van der Waals surface area contributed by atoms with Crippen molar-refractivity contribution >= 4 is 5.91 Å². The Labute approximate surface area is 131 Å². The van der Waals surface area contributed by atoms with Crippen molar-refractivity contribution in [3.05, 3.63) is 66.0 Å². The third-order valence-corrected chi connectivity index (χ3v) is 4.18. The van der Waals surface area contributed by atoms with Gasteiger partial charge >= 0.3 is 0 Å². The molecule has 1 amide bonds. The molecular formula is C18H21N3O. The van der Waals surface area contributed by atoms with E-state index >= 15 is 0 Å². The fourth-order valence-corrected chi connectivity index (χ4v) is 2.84. The van der Waals surface area contributed by atoms with Gasteiger partial charge in [-0.25, -0.2) is 0 Å². The third-order valence-electron chi connectivity index (χ3n) is 4.18. The maximum atomic E-state index is 13.1. The minimum Gasteiger partial charge on any atom is -0.339 e. The first-order chi connectivity index (χ1) is 10.8. The smallest absolute Gasteiger partial charge is 0.236 e. The Bertz CT molecular complexity index is 567. The molecule has 114 valence electrons. The summed E-state index contributed by atoms with van der Waals surface area (Å²) in [4.78, 5) is 21.7. The predicted molar refractivity (Wildman–Crippen MR) is 86.6 cm³/mol. The molecule has 0 bridgehead atoms. The zero-order chi connectivity index (χ0) is 15.4. The second-order valence-corrected chi connectivity index (χ2v) is 5.73. The van der Waals surface area contributed by atoms with Gasteiger partial charge in [0.25, 0.3) is 0 Å². The highest BCUT2D eigenvalue weighted by atomic mass is 16.2. The van der Waals surface area contributed by atoms with E-state index in [1.807, 2.05) is 53.4 Å². The fourth-order valence-electron chi connectivity index (χ4n) is 2.84. The van der Waals surface area contributed by atoms with Crippen LogP contribution in [0.4, 0.5) is 0 Å². The maximum absolute atomic E-state index is 13.1. The van der Waals surface area contributed by atoms with Crippen LogP contribution in [0.5, 0.6) is 0 Å². The van der Waals surface area contributed by atoms with E-state index in [0.717, 1.165) is 37.4 Å². The molecule has 1 saturated heterocycles. The number of carbonyl (C=O) groups excluding carboxylic acids is 1. The second-order valence-electron chi connectivity index (χ2n) is 5.73. The Morgan fingerprint density at radius 2 is 1.68 bits per heavy atom. The molecule has 1 aliphatic heterocycles. The summed E-state index contributed by atoms with van der Waals surface area (Å²) in [6.07, 6.45) is 1.75. The lowest BCUT2D eigenvalue weighted by atomic mass is 9.93. The van der Waals surface area contributed by atoms with Crippen LogP contribution in [0, 0.1) is 0 Å². The molecule has 3 rings (SSSR count). The summed E-state index contributed by atoms with van der Waals surface area (Å²) in [5.74, 6) is -0.163. The van der Waals surface area contributed by atoms with Crippen LogP contribution in [-0.4, -0.2) is 53.9 Å². The van der Waals surface area contributed by atoms with E-state index in [2.05, 4.69) is 16.9 Å². The Morgan fingerprint density at radius 3 is 2.32 bits per heavy atom. The van der Waals surface area contributed by atoms with E-state index < -0.39 is 0 Å². The average Bonchev–Trinajstić information content (AvgIpc) is 2.57. The molecule has 1 atom stereocenters. The number of piperazine rings is 1. The van der Waals surface area contributed by atoms with Crippen LogP contribution in [0.1, 0.15) is 17.2 Å². The highest BCUT2D eigenvalue weighted by molar-refractivity contribution is 5.86. The SMILES string of the molecule is CN1CCN(C(=O)C(c2ccccc2)c2ccccn2)CC1. The van der Waals surface area contributed by atoms with Crippen LogP contribution in [0.2, 0.25) is 0 Å². The normalized spacial score (nSPS) is 17.2. The number of nitrogens with zero attached hydrogens (tertiary/aromatic N) is 3. The Balaban J connectivity index is 1.90. The molecule has 0 radical (unpaired) electrons. The lowest BCUT2D eigenvalue weighted by Gasteiger charge is -2.34. The van der Waals surface area contributed by atoms with Gasteiger partial charge < -0.3 is 9.80 Å². The van der Waals surface area contributed by atoms with Gasteiger partial charge in [-0.3, -0.25) is 9.78 Å². The summed E-state index contributed by atoms with van der Waals surface area (Å²) in [6, 6.07) is 15.7. The summed E-state index contributed by atoms with van der Waals surface area (Å²) < 4.78 is 0. The van der Waals surface area contributed by atoms with Crippen molar-refractivity contribution in [3.8, 4) is 0 Å². The molecule has 22 heavy (non-hydrogen) atoms. The molecule has 0 saturated carbocycles. The van der Waals surface area contributed by atoms with Gasteiger partial charge in [0.1, 0.15) is 5.92 Å². The predicted octanol–water partition coefficient (Wildman–Crippen LogP) is 1.99. The van der Waals surface area contributed by atoms with E-state index in [1.54, 1.807) is 6.20 Å². The molecule has 1 aliphatic rings. The zero-order valence-corrected chi connectivity index (χ0v) is 12.9. The number of hydrogen-bond donors (Lipinski definition) is 0. The number of likely N-dealkylation sites (N-methyl/N-ethyl adjacent to an activating group) is 1. The number of benzene rings is 1. The number of carbonyl (C=O) groups is 1. The molecule has 2 aromatic rings. The summed E-state index contributed by atoms with van der Waals surface area (Å²) in [5, 5.41) is 0. The Kier molecular flexibility index (Phi) is 4.49. The van der Waals surface area contributed by atoms with Gasteiger partial charge in [0.2, 0.25) is 5.91 Å². The van der Waals surface area contributed by atoms with Crippen LogP contribution in [0.3, 0.4) is 0 Å². The lowest BCUT2D eigenvalue weighted by molar-refractivity contribution is -0.133. The van der Waals surface area contributed by atoms with Gasteiger partial charge in [-0.2, -0.15) is 0 Å². The molecule has 0 aliphatic carbocycles. The van der Waals surface area contributed by atoms with Gasteiger partial charge in [0.05, 0.1) is 5.69 Å². The standard InChI is InChI=1S/C18H21N3O/c1-20-11-13-21(14-12-20)18(22)17(15-7-3-2-4-8-15)16-9-5-6-10-19-16/h2-10,17H,11-14H2,1H3. The summed E-state index contributed by atoms with van der Waals surface area (Å²) >= 11 is 0. The van der Waals surface area contributed by atoms with Gasteiger partial charge in [-0.05, 0) is 24.7 Å². The zero-order valence-electron chi connectivity index (χ0n) is 12.9. The van der Waals surface area contributed by atoms with Crippen molar-refractivity contribution in [3.63, 3.8) is 0 Å². The quantitative estimate of drug-likeness (QED) is 0.869. The highest BCUT2D eigenvalue weighted by Gasteiger charge is 2.29. The summed E-state index contributed by atoms with van der Waals surface area (Å²) in [7, 11) is 2.09. The molecule has 2 heterocycles. The molecule has 0 N–H and O–H groups in total. The first kappa shape index (κ1) is 14.7. The topological polar surface area (TPSA) is 36.4 Å². The van der Waals surface area contributed by atoms with Crippen LogP contribution in [-0.2, 0) is 4.79 Å². The number of pyridine rings is 1. The van der Waals surface area contributed by atoms with Crippen molar-refractivity contribution in [2.75, 3.05) is 33.2 Å². The second kappa shape index (κ2) is 6.71. The highest BCUT2D eigenvalue weighted by Crippen LogP contribution is 2.25. The Hall–Kier alpha value is -2.20. The molecule has 4 heteroatoms. The van der Waals surface area contributed by atoms with Crippen molar-refractivity contribution in [2.45, 2.75) is 5.92 Å². The van der Waals surface area contributed by atoms with Crippen LogP contribution < -0.4 is 0 Å². The average molecular weight is 295 g/mol. The van der Waals surface area contributed by atoms with Gasteiger partial charge in [0, 0.05) is 32.4 Å². The van der Waals surface area contributed by atoms with Gasteiger partial charge in [-0.1, -0.05) is 36.4 Å². The Morgan fingerprint density at radius 1 is 1.00 bits per heavy atom. The molecule has 0 spiro atoms. The van der Waals surface area contributed by atoms with Crippen molar-refractivity contribution in [1.82, 2.24) is 14.8 Å². The van der Waals surface area contributed by atoms with Crippen LogP contribution in [0.15, 0.2) is 54.7 Å². The van der Waals surface area contributed by atoms with E-state index in [1.165, 1.54) is 0 Å². The van der Waals surface area contributed by atoms with E-state index in [4.69, 9.17) is 0 Å². The maximum Gasteiger partial charge on any atom is 0.236 e. The number of aromatic nitrogens is 1. The van der Waals surface area contributed by atoms with Crippen molar-refractivity contribution in [1.29, 1.82) is 0 Å². The number of rotatable bonds is 3. The molecule has 1 unspecified atom stereocenters. The van der Waals surface area contributed by atoms with Crippen molar-refractivity contribution < 1.29 is 4.79 Å². The van der Waals surface area contributed by atoms with Crippen LogP contribution >= 0.6 is 0 Å². The molecular weight excluding hydrogens is 274 g/mol. The number of amides is 1. The van der Waals surface area contributed by atoms with Crippen LogP contribution in [0.25, 0.3) is 0 Å². The summed E-state index contributed by atoms with van der Waals surface area (Å²) in [5.41, 5.74) is 1.82. The van der Waals surface area contributed by atoms with E-state index in [0.29, 0.717) is 0 Å². The lowest BCUT2D eigenvalue weighted by Crippen LogP contribution is -2.48. The van der Waals surface area contributed by atoms with Gasteiger partial charge in [-0.15, -0.1) is 0 Å². The summed E-state index contributed by atoms with van der Waals surface area (Å²) in [6.45, 7) is 3.42. The molecule has 1 aromatic carbocycles. The molecule has 1 fully saturated rings. The van der Waals surface area contributed by atoms with E-state index in [9.17, 15) is 4.79 Å². The number of hydrogen-bond acceptors (Lipinski definition) is 3. The van der Waals surface area contributed by atoms with E-state index in [-0.39, 0.29) is 11.8 Å². The minimum absolute atomic E-state index is 0.151.